The van der Waals surface area contributed by atoms with Crippen molar-refractivity contribution in [2.24, 2.45) is 0 Å². The number of aliphatic hydroxyl groups excluding tert-OH is 2. The number of imidazole rings is 2. The van der Waals surface area contributed by atoms with Crippen LogP contribution in [0.1, 0.15) is 98.8 Å². The average molecular weight is 1360 g/mol. The summed E-state index contributed by atoms with van der Waals surface area (Å²) in [6.45, 7) is 12.0. The minimum atomic E-state index is -0.928. The van der Waals surface area contributed by atoms with E-state index in [1.165, 1.54) is 11.8 Å². The molecule has 0 saturated heterocycles. The number of benzene rings is 8. The van der Waals surface area contributed by atoms with Gasteiger partial charge in [0.2, 0.25) is 0 Å². The smallest absolute Gasteiger partial charge is 0.159 e. The highest BCUT2D eigenvalue weighted by molar-refractivity contribution is 6.43. The predicted octanol–water partition coefficient (Wildman–Crippen LogP) is 17.7. The van der Waals surface area contributed by atoms with Crippen molar-refractivity contribution >= 4 is 115 Å². The predicted molar refractivity (Wildman–Crippen MR) is 373 cm³/mol. The third-order valence-corrected chi connectivity index (χ3v) is 18.0. The van der Waals surface area contributed by atoms with Gasteiger partial charge in [-0.3, -0.25) is 9.59 Å². The molecule has 92 heavy (non-hydrogen) atoms. The van der Waals surface area contributed by atoms with E-state index in [0.717, 1.165) is 99.0 Å². The number of hydrogen-bond acceptors (Lipinski definition) is 10. The molecule has 0 aliphatic carbocycles. The molecule has 4 N–H and O–H groups in total. The van der Waals surface area contributed by atoms with Crippen LogP contribution in [0.5, 0.6) is 0 Å². The van der Waals surface area contributed by atoms with Crippen LogP contribution in [0.25, 0.3) is 44.8 Å². The first-order chi connectivity index (χ1) is 44.3. The number of fused-ring (bicyclic) bond motifs is 2. The molecule has 10 rings (SSSR count). The second kappa shape index (κ2) is 32.8. The molecule has 0 spiro atoms. The molecule has 0 bridgehead atoms. The molecule has 0 aliphatic heterocycles. The van der Waals surface area contributed by atoms with Gasteiger partial charge in [0.25, 0.3) is 0 Å². The summed E-state index contributed by atoms with van der Waals surface area (Å²) in [5.41, 5.74) is 12.5. The zero-order valence-electron chi connectivity index (χ0n) is 51.5. The van der Waals surface area contributed by atoms with Crippen LogP contribution >= 0.6 is 69.6 Å². The fraction of sp³-hybridized carbons (Fsp3) is 0.278. The van der Waals surface area contributed by atoms with Crippen LogP contribution in [0.2, 0.25) is 30.1 Å². The number of Topliss-reactive ketones (excluding diaryl/α,β-unsaturated/α-hetero) is 2. The molecule has 8 aromatic carbocycles. The van der Waals surface area contributed by atoms with Crippen molar-refractivity contribution < 1.29 is 28.6 Å². The number of nitrogens with one attached hydrogen (secondary N) is 2. The van der Waals surface area contributed by atoms with Gasteiger partial charge in [0, 0.05) is 99.8 Å². The van der Waals surface area contributed by atoms with Crippen molar-refractivity contribution in [1.82, 2.24) is 29.7 Å². The molecule has 0 aliphatic rings. The Morgan fingerprint density at radius 1 is 0.467 bits per heavy atom. The Bertz CT molecular complexity index is 3910. The van der Waals surface area contributed by atoms with Crippen LogP contribution in [0.3, 0.4) is 0 Å². The Hall–Kier alpha value is -6.92. The van der Waals surface area contributed by atoms with Gasteiger partial charge >= 0.3 is 0 Å². The fourth-order valence-electron chi connectivity index (χ4n) is 11.3. The van der Waals surface area contributed by atoms with Gasteiger partial charge in [0.05, 0.1) is 65.4 Å². The number of aromatic nitrogens is 4. The summed E-state index contributed by atoms with van der Waals surface area (Å²) in [6, 6.07) is 48.3. The maximum atomic E-state index is 14.2. The summed E-state index contributed by atoms with van der Waals surface area (Å²) in [4.78, 5) is 39.1. The monoisotopic (exact) mass is 1360 g/mol. The van der Waals surface area contributed by atoms with E-state index in [2.05, 4.69) is 76.4 Å². The molecular weight excluding hydrogens is 1290 g/mol. The largest absolute Gasteiger partial charge is 0.395 e. The Labute approximate surface area is 565 Å². The number of nitrogens with zero attached hydrogens (tertiary/aromatic N) is 6. The molecule has 480 valence electrons. The lowest BCUT2D eigenvalue weighted by Gasteiger charge is -2.24. The van der Waals surface area contributed by atoms with Gasteiger partial charge < -0.3 is 39.8 Å². The van der Waals surface area contributed by atoms with Crippen LogP contribution in [-0.4, -0.2) is 80.3 Å². The number of carbonyl (C=O) groups is 2. The Morgan fingerprint density at radius 2 is 0.848 bits per heavy atom. The van der Waals surface area contributed by atoms with Gasteiger partial charge in [-0.2, -0.15) is 0 Å². The highest BCUT2D eigenvalue weighted by atomic mass is 35.5. The van der Waals surface area contributed by atoms with E-state index in [1.54, 1.807) is 38.1 Å². The standard InChI is InChI=1S/C37H38Cl4N4O.C35H34Cl2F2N4O3/c1-4-16-44(17-5-2)29-11-8-27(9-12-29)37-43-35-21-28(10-15-36(35)45(37)23-26-7-14-31(39)33(41)20-26)34(18-24(3)46)42-22-25-6-13-30(38)32(40)19-25;1-22(46)16-32(40-20-23-2-9-28(36)29(37)17-23)26-6-11-34-33(19-26)41-35(43(34)21-24-3-10-30(38)31(39)18-24)25-4-7-27(8-5-25)42(12-14-44)13-15-45/h6-15,19-21,34,42H,4-5,16-18,22-23H2,1-3H3;2-11,17-19,32,40,44-45H,12-16,20-21H2,1H3. The van der Waals surface area contributed by atoms with Crippen molar-refractivity contribution in [2.75, 3.05) is 49.2 Å². The maximum absolute atomic E-state index is 14.2. The number of halogens is 8. The number of anilines is 2. The summed E-state index contributed by atoms with van der Waals surface area (Å²) in [5.74, 6) is -0.256. The van der Waals surface area contributed by atoms with Crippen LogP contribution < -0.4 is 20.4 Å². The molecule has 2 heterocycles. The molecular formula is C72H72Cl6F2N8O4. The van der Waals surface area contributed by atoms with E-state index in [4.69, 9.17) is 79.6 Å². The van der Waals surface area contributed by atoms with E-state index in [1.807, 2.05) is 88.3 Å². The summed E-state index contributed by atoms with van der Waals surface area (Å²) in [6.07, 6.45) is 2.79. The lowest BCUT2D eigenvalue weighted by molar-refractivity contribution is -0.118. The minimum absolute atomic E-state index is 0.0211. The van der Waals surface area contributed by atoms with Gasteiger partial charge in [0.1, 0.15) is 23.2 Å². The number of aliphatic hydroxyl groups is 2. The first-order valence-electron chi connectivity index (χ1n) is 30.5. The van der Waals surface area contributed by atoms with Crippen LogP contribution in [-0.2, 0) is 35.8 Å². The molecule has 20 heteroatoms. The second-order valence-corrected chi connectivity index (χ2v) is 25.2. The van der Waals surface area contributed by atoms with E-state index in [9.17, 15) is 28.6 Å². The van der Waals surface area contributed by atoms with Crippen LogP contribution in [0, 0.1) is 11.6 Å². The maximum Gasteiger partial charge on any atom is 0.159 e. The summed E-state index contributed by atoms with van der Waals surface area (Å²) >= 11 is 37.3. The third kappa shape index (κ3) is 17.8. The van der Waals surface area contributed by atoms with E-state index >= 15 is 0 Å². The van der Waals surface area contributed by atoms with Crippen molar-refractivity contribution in [3.63, 3.8) is 0 Å². The van der Waals surface area contributed by atoms with E-state index in [0.29, 0.717) is 86.2 Å². The topological polar surface area (TPSA) is 141 Å². The number of carbonyl (C=O) groups excluding carboxylic acids is 2. The first kappa shape index (κ1) is 69.4. The molecule has 0 radical (unpaired) electrons. The zero-order chi connectivity index (χ0) is 65.6. The zero-order valence-corrected chi connectivity index (χ0v) is 56.0. The van der Waals surface area contributed by atoms with Gasteiger partial charge in [-0.1, -0.05) is 120 Å². The van der Waals surface area contributed by atoms with Crippen molar-refractivity contribution in [3.8, 4) is 22.8 Å². The second-order valence-electron chi connectivity index (χ2n) is 22.7. The van der Waals surface area contributed by atoms with Gasteiger partial charge in [-0.15, -0.1) is 0 Å². The molecule has 10 aromatic rings. The summed E-state index contributed by atoms with van der Waals surface area (Å²) in [5, 5.41) is 28.9. The van der Waals surface area contributed by atoms with Crippen molar-refractivity contribution in [3.05, 3.63) is 233 Å². The highest BCUT2D eigenvalue weighted by Crippen LogP contribution is 2.35. The van der Waals surface area contributed by atoms with Gasteiger partial charge in [-0.25, -0.2) is 18.7 Å². The first-order valence-corrected chi connectivity index (χ1v) is 32.7. The lowest BCUT2D eigenvalue weighted by Crippen LogP contribution is -2.29. The Kier molecular flexibility index (Phi) is 24.7. The van der Waals surface area contributed by atoms with Gasteiger partial charge in [-0.05, 0) is 181 Å². The fourth-order valence-corrected chi connectivity index (χ4v) is 12.2. The van der Waals surface area contributed by atoms with E-state index in [-0.39, 0.29) is 49.8 Å². The number of hydrogen-bond donors (Lipinski definition) is 4. The average Bonchev–Trinajstić information content (AvgIpc) is 1.65. The highest BCUT2D eigenvalue weighted by Gasteiger charge is 2.22. The SMILES string of the molecule is CC(=O)CC(NCc1ccc(Cl)c(Cl)c1)c1ccc2c(c1)nc(-c1ccc(N(CCO)CCO)cc1)n2Cc1ccc(F)c(F)c1.CCCN(CCC)c1ccc(-c2nc3cc(C(CC(C)=O)NCc4ccc(Cl)c(Cl)c4)ccc3n2Cc2ccc(Cl)c(Cl)c2)cc1. The third-order valence-electron chi connectivity index (χ3n) is 15.8. The molecule has 0 amide bonds. The van der Waals surface area contributed by atoms with Crippen molar-refractivity contribution in [1.29, 1.82) is 0 Å². The molecule has 2 atom stereocenters. The molecule has 0 fully saturated rings. The molecule has 12 nitrogen and oxygen atoms in total. The normalized spacial score (nSPS) is 12.1. The number of rotatable bonds is 28. The lowest BCUT2D eigenvalue weighted by atomic mass is 10.0. The van der Waals surface area contributed by atoms with Crippen LogP contribution in [0.4, 0.5) is 20.2 Å². The summed E-state index contributed by atoms with van der Waals surface area (Å²) < 4.78 is 32.1. The van der Waals surface area contributed by atoms with Gasteiger partial charge in [0.15, 0.2) is 11.6 Å². The molecule has 2 unspecified atom stereocenters. The number of ketones is 2. The Morgan fingerprint density at radius 3 is 1.23 bits per heavy atom. The quantitative estimate of drug-likeness (QED) is 0.0375. The van der Waals surface area contributed by atoms with E-state index < -0.39 is 11.6 Å². The Balaban J connectivity index is 0.000000217. The van der Waals surface area contributed by atoms with Crippen molar-refractivity contribution in [2.45, 2.75) is 91.6 Å². The molecule has 2 aromatic heterocycles. The molecule has 0 saturated carbocycles. The minimum Gasteiger partial charge on any atom is -0.395 e. The van der Waals surface area contributed by atoms with Crippen LogP contribution in [0.15, 0.2) is 158 Å². The summed E-state index contributed by atoms with van der Waals surface area (Å²) in [7, 11) is 0.